The summed E-state index contributed by atoms with van der Waals surface area (Å²) in [4.78, 5) is 0. The van der Waals surface area contributed by atoms with Gasteiger partial charge < -0.3 is 4.57 Å². The van der Waals surface area contributed by atoms with Crippen molar-refractivity contribution >= 4 is 34.9 Å². The van der Waals surface area contributed by atoms with Crippen molar-refractivity contribution in [2.24, 2.45) is 0 Å². The molecule has 0 unspecified atom stereocenters. The highest BCUT2D eigenvalue weighted by atomic mass is 79.9. The smallest absolute Gasteiger partial charge is 0.0462 e. The van der Waals surface area contributed by atoms with Crippen LogP contribution in [0.15, 0.2) is 46.9 Å². The van der Waals surface area contributed by atoms with Gasteiger partial charge in [-0.15, -0.1) is 8.07 Å². The average Bonchev–Trinajstić information content (AvgIpc) is 2.94. The molecule has 0 atom stereocenters. The van der Waals surface area contributed by atoms with Gasteiger partial charge in [0.15, 0.2) is 0 Å². The molecule has 0 fully saturated rings. The zero-order valence-electron chi connectivity index (χ0n) is 13.3. The number of nitrogens with zero attached hydrogens (tertiary/aromatic N) is 1. The number of rotatable bonds is 2. The molecule has 3 heteroatoms. The molecule has 22 heavy (non-hydrogen) atoms. The maximum atomic E-state index is 3.65. The van der Waals surface area contributed by atoms with E-state index in [0.29, 0.717) is 0 Å². The van der Waals surface area contributed by atoms with Gasteiger partial charge in [-0.1, -0.05) is 46.4 Å². The van der Waals surface area contributed by atoms with Crippen molar-refractivity contribution < 1.29 is 0 Å². The lowest BCUT2D eigenvalue weighted by atomic mass is 10.0. The molecular formula is C19H20BrNSi-. The van der Waals surface area contributed by atoms with Crippen LogP contribution in [0.2, 0.25) is 19.6 Å². The quantitative estimate of drug-likeness (QED) is 0.390. The van der Waals surface area contributed by atoms with E-state index < -0.39 is 8.07 Å². The van der Waals surface area contributed by atoms with E-state index in [0.717, 1.165) is 10.9 Å². The zero-order chi connectivity index (χ0) is 15.5. The van der Waals surface area contributed by atoms with Gasteiger partial charge in [-0.05, 0) is 29.3 Å². The maximum absolute atomic E-state index is 3.65. The number of hydrogen-bond acceptors (Lipinski definition) is 0. The second-order valence-corrected chi connectivity index (χ2v) is 13.8. The number of hydrogen-bond donors (Lipinski definition) is 0. The Bertz CT molecular complexity index is 886. The lowest BCUT2D eigenvalue weighted by molar-refractivity contribution is 0.840. The second kappa shape index (κ2) is 4.84. The first-order chi connectivity index (χ1) is 10.4. The molecule has 0 spiro atoms. The molecule has 113 valence electrons. The lowest BCUT2D eigenvalue weighted by Crippen LogP contribution is -2.28. The summed E-state index contributed by atoms with van der Waals surface area (Å²) in [5.74, 6) is 0. The topological polar surface area (TPSA) is 4.93 Å². The number of halogens is 1. The standard InChI is InChI=1S/C19H20BrNSi/c1-22(2,3)12-21-17-9-8-14(20)11-16(17)19-15-7-5-4-6-13(15)10-18(19)21/h4-9,11H,10,12H2,1-3H3/q-1. The molecule has 0 radical (unpaired) electrons. The van der Waals surface area contributed by atoms with Crippen LogP contribution < -0.4 is 0 Å². The summed E-state index contributed by atoms with van der Waals surface area (Å²) in [5.41, 5.74) is 7.26. The third-order valence-electron chi connectivity index (χ3n) is 4.41. The highest BCUT2D eigenvalue weighted by molar-refractivity contribution is 9.10. The molecule has 0 aliphatic heterocycles. The van der Waals surface area contributed by atoms with Crippen molar-refractivity contribution in [2.75, 3.05) is 0 Å². The van der Waals surface area contributed by atoms with Gasteiger partial charge in [0, 0.05) is 33.1 Å². The highest BCUT2D eigenvalue weighted by Crippen LogP contribution is 2.44. The summed E-state index contributed by atoms with van der Waals surface area (Å²) in [6.07, 6.45) is 2.26. The molecule has 1 heterocycles. The molecule has 4 rings (SSSR count). The predicted molar refractivity (Wildman–Crippen MR) is 101 cm³/mol. The van der Waals surface area contributed by atoms with Gasteiger partial charge in [0.25, 0.3) is 0 Å². The van der Waals surface area contributed by atoms with Crippen LogP contribution in [-0.2, 0) is 12.6 Å². The van der Waals surface area contributed by atoms with Crippen molar-refractivity contribution in [2.45, 2.75) is 32.2 Å². The first-order valence-electron chi connectivity index (χ1n) is 7.83. The molecule has 0 amide bonds. The molecule has 1 aromatic heterocycles. The number of benzene rings is 2. The third-order valence-corrected chi connectivity index (χ3v) is 6.17. The summed E-state index contributed by atoms with van der Waals surface area (Å²) in [6, 6.07) is 15.6. The van der Waals surface area contributed by atoms with Crippen LogP contribution in [0.3, 0.4) is 0 Å². The molecule has 1 aliphatic rings. The molecular weight excluding hydrogens is 350 g/mol. The normalized spacial score (nSPS) is 13.5. The molecule has 3 aromatic rings. The largest absolute Gasteiger partial charge is 0.375 e. The van der Waals surface area contributed by atoms with Crippen molar-refractivity contribution in [3.63, 3.8) is 0 Å². The van der Waals surface area contributed by atoms with E-state index in [-0.39, 0.29) is 0 Å². The summed E-state index contributed by atoms with van der Waals surface area (Å²) in [6.45, 7) is 7.35. The second-order valence-electron chi connectivity index (χ2n) is 7.46. The minimum atomic E-state index is -1.19. The third kappa shape index (κ3) is 2.19. The first kappa shape index (κ1) is 14.3. The minimum absolute atomic E-state index is 1.07. The van der Waals surface area contributed by atoms with E-state index in [1.54, 1.807) is 0 Å². The van der Waals surface area contributed by atoms with E-state index in [4.69, 9.17) is 0 Å². The summed E-state index contributed by atoms with van der Waals surface area (Å²) < 4.78 is 3.76. The fourth-order valence-electron chi connectivity index (χ4n) is 3.62. The maximum Gasteiger partial charge on any atom is 0.0462 e. The summed E-state index contributed by atoms with van der Waals surface area (Å²) >= 11 is 3.65. The van der Waals surface area contributed by atoms with Gasteiger partial charge >= 0.3 is 0 Å². The van der Waals surface area contributed by atoms with Gasteiger partial charge in [-0.2, -0.15) is 19.6 Å². The van der Waals surface area contributed by atoms with Gasteiger partial charge in [0.05, 0.1) is 0 Å². The van der Waals surface area contributed by atoms with Crippen LogP contribution in [-0.4, -0.2) is 12.6 Å². The Hall–Kier alpha value is -1.32. The molecule has 1 aliphatic carbocycles. The molecule has 0 bridgehead atoms. The molecule has 1 nitrogen and oxygen atoms in total. The van der Waals surface area contributed by atoms with Crippen LogP contribution >= 0.6 is 15.9 Å². The van der Waals surface area contributed by atoms with Gasteiger partial charge in [-0.25, -0.2) is 0 Å². The van der Waals surface area contributed by atoms with Crippen molar-refractivity contribution in [3.05, 3.63) is 58.2 Å². The van der Waals surface area contributed by atoms with Crippen LogP contribution in [0.1, 0.15) is 11.3 Å². The van der Waals surface area contributed by atoms with Gasteiger partial charge in [0.1, 0.15) is 0 Å². The van der Waals surface area contributed by atoms with Gasteiger partial charge in [-0.3, -0.25) is 0 Å². The Kier molecular flexibility index (Phi) is 3.14. The monoisotopic (exact) mass is 369 g/mol. The van der Waals surface area contributed by atoms with E-state index >= 15 is 0 Å². The van der Waals surface area contributed by atoms with Crippen molar-refractivity contribution in [3.8, 4) is 11.1 Å². The Morgan fingerprint density at radius 3 is 2.64 bits per heavy atom. The van der Waals surface area contributed by atoms with Crippen molar-refractivity contribution in [1.29, 1.82) is 0 Å². The van der Waals surface area contributed by atoms with E-state index in [1.807, 2.05) is 0 Å². The van der Waals surface area contributed by atoms with E-state index in [1.165, 1.54) is 39.5 Å². The van der Waals surface area contributed by atoms with E-state index in [2.05, 4.69) is 82.6 Å². The van der Waals surface area contributed by atoms with Crippen LogP contribution in [0.5, 0.6) is 0 Å². The first-order valence-corrected chi connectivity index (χ1v) is 12.3. The Labute approximate surface area is 141 Å². The Morgan fingerprint density at radius 1 is 1.09 bits per heavy atom. The fourth-order valence-corrected chi connectivity index (χ4v) is 5.29. The van der Waals surface area contributed by atoms with Gasteiger partial charge in [0.2, 0.25) is 0 Å². The zero-order valence-corrected chi connectivity index (χ0v) is 15.9. The molecule has 0 N–H and O–H groups in total. The molecule has 2 aromatic carbocycles. The number of fused-ring (bicyclic) bond motifs is 5. The molecule has 0 saturated carbocycles. The van der Waals surface area contributed by atoms with Crippen LogP contribution in [0.4, 0.5) is 0 Å². The SMILES string of the molecule is C[Si-](C)(C)Cn1c2c(c3cc(Br)ccc31)-c1ccccc1C2. The fraction of sp³-hybridized carbons (Fsp3) is 0.263. The highest BCUT2D eigenvalue weighted by Gasteiger charge is 2.26. The molecule has 0 saturated heterocycles. The Balaban J connectivity index is 2.05. The minimum Gasteiger partial charge on any atom is -0.375 e. The van der Waals surface area contributed by atoms with Crippen molar-refractivity contribution in [1.82, 2.24) is 4.57 Å². The predicted octanol–water partition coefficient (Wildman–Crippen LogP) is 5.85. The lowest BCUT2D eigenvalue weighted by Gasteiger charge is -2.30. The summed E-state index contributed by atoms with van der Waals surface area (Å²) in [5, 5.41) is 1.40. The number of aromatic nitrogens is 1. The van der Waals surface area contributed by atoms with Crippen LogP contribution in [0.25, 0.3) is 22.0 Å². The summed E-state index contributed by atoms with van der Waals surface area (Å²) in [7, 11) is -1.19. The average molecular weight is 370 g/mol. The van der Waals surface area contributed by atoms with Crippen LogP contribution in [0, 0.1) is 0 Å². The van der Waals surface area contributed by atoms with E-state index in [9.17, 15) is 0 Å². The Morgan fingerprint density at radius 2 is 1.86 bits per heavy atom.